The van der Waals surface area contributed by atoms with Gasteiger partial charge in [0.1, 0.15) is 6.04 Å². The molecule has 2 atom stereocenters. The molecule has 2 unspecified atom stereocenters. The lowest BCUT2D eigenvalue weighted by molar-refractivity contribution is -0.142. The van der Waals surface area contributed by atoms with Gasteiger partial charge in [0.15, 0.2) is 0 Å². The summed E-state index contributed by atoms with van der Waals surface area (Å²) in [6.07, 6.45) is 0.831. The first-order valence-electron chi connectivity index (χ1n) is 4.74. The molecule has 0 saturated carbocycles. The van der Waals surface area contributed by atoms with Gasteiger partial charge in [-0.3, -0.25) is 14.5 Å². The molecule has 0 aromatic rings. The normalized spacial score (nSPS) is 24.6. The van der Waals surface area contributed by atoms with Crippen molar-refractivity contribution >= 4 is 11.9 Å². The summed E-state index contributed by atoms with van der Waals surface area (Å²) in [5.41, 5.74) is 0. The maximum Gasteiger partial charge on any atom is 0.320 e. The Labute approximate surface area is 83.1 Å². The molecule has 0 radical (unpaired) electrons. The number of carboxylic acids is 1. The van der Waals surface area contributed by atoms with E-state index in [1.54, 1.807) is 6.92 Å². The molecule has 1 rings (SSSR count). The quantitative estimate of drug-likeness (QED) is 0.654. The molecule has 1 heterocycles. The number of hydrogen-bond donors (Lipinski definition) is 2. The highest BCUT2D eigenvalue weighted by atomic mass is 16.4. The van der Waals surface area contributed by atoms with Crippen LogP contribution in [0.3, 0.4) is 0 Å². The predicted octanol–water partition coefficient (Wildman–Crippen LogP) is -0.330. The van der Waals surface area contributed by atoms with Crippen molar-refractivity contribution in [2.45, 2.75) is 32.4 Å². The van der Waals surface area contributed by atoms with Crippen LogP contribution in [0.4, 0.5) is 0 Å². The van der Waals surface area contributed by atoms with Crippen molar-refractivity contribution in [3.8, 4) is 0 Å². The predicted molar refractivity (Wildman–Crippen MR) is 50.9 cm³/mol. The molecule has 1 aliphatic rings. The van der Waals surface area contributed by atoms with Crippen molar-refractivity contribution in [1.29, 1.82) is 0 Å². The fourth-order valence-electron chi connectivity index (χ4n) is 1.70. The van der Waals surface area contributed by atoms with Gasteiger partial charge in [0.25, 0.3) is 0 Å². The fourth-order valence-corrected chi connectivity index (χ4v) is 1.70. The van der Waals surface area contributed by atoms with E-state index in [1.807, 2.05) is 4.90 Å². The van der Waals surface area contributed by atoms with Gasteiger partial charge in [-0.15, -0.1) is 0 Å². The van der Waals surface area contributed by atoms with Gasteiger partial charge in [-0.05, 0) is 13.3 Å². The molecular formula is C9H16N2O3. The number of hydrogen-bond acceptors (Lipinski definition) is 3. The molecule has 1 fully saturated rings. The molecule has 0 aromatic carbocycles. The number of amides is 1. The lowest BCUT2D eigenvalue weighted by Crippen LogP contribution is -2.41. The highest BCUT2D eigenvalue weighted by molar-refractivity contribution is 5.74. The van der Waals surface area contributed by atoms with Gasteiger partial charge in [-0.2, -0.15) is 0 Å². The number of likely N-dealkylation sites (tertiary alicyclic amines) is 1. The van der Waals surface area contributed by atoms with Gasteiger partial charge in [-0.25, -0.2) is 0 Å². The lowest BCUT2D eigenvalue weighted by Gasteiger charge is -2.20. The number of nitrogens with zero attached hydrogens (tertiary/aromatic N) is 1. The van der Waals surface area contributed by atoms with Crippen LogP contribution in [0.25, 0.3) is 0 Å². The molecule has 0 aliphatic carbocycles. The van der Waals surface area contributed by atoms with Crippen LogP contribution in [0, 0.1) is 0 Å². The second-order valence-corrected chi connectivity index (χ2v) is 3.70. The maximum absolute atomic E-state index is 10.8. The maximum atomic E-state index is 10.8. The molecule has 5 heteroatoms. The third-order valence-electron chi connectivity index (χ3n) is 2.53. The van der Waals surface area contributed by atoms with E-state index in [9.17, 15) is 9.59 Å². The van der Waals surface area contributed by atoms with Crippen molar-refractivity contribution in [3.63, 3.8) is 0 Å². The average molecular weight is 200 g/mol. The lowest BCUT2D eigenvalue weighted by atomic mass is 10.2. The summed E-state index contributed by atoms with van der Waals surface area (Å²) >= 11 is 0. The van der Waals surface area contributed by atoms with Crippen molar-refractivity contribution in [2.75, 3.05) is 13.1 Å². The van der Waals surface area contributed by atoms with Crippen molar-refractivity contribution in [1.82, 2.24) is 10.2 Å². The van der Waals surface area contributed by atoms with E-state index < -0.39 is 12.0 Å². The van der Waals surface area contributed by atoms with Crippen molar-refractivity contribution < 1.29 is 14.7 Å². The zero-order chi connectivity index (χ0) is 10.7. The minimum atomic E-state index is -0.812. The molecule has 1 saturated heterocycles. The summed E-state index contributed by atoms with van der Waals surface area (Å²) in [7, 11) is 0. The van der Waals surface area contributed by atoms with Crippen LogP contribution in [0.2, 0.25) is 0 Å². The minimum absolute atomic E-state index is 0.0557. The van der Waals surface area contributed by atoms with Crippen LogP contribution < -0.4 is 5.32 Å². The number of carboxylic acid groups (broad SMARTS) is 1. The molecule has 0 aromatic heterocycles. The first kappa shape index (κ1) is 11.0. The number of aliphatic carboxylic acids is 1. The smallest absolute Gasteiger partial charge is 0.320 e. The average Bonchev–Trinajstić information content (AvgIpc) is 2.50. The zero-order valence-electron chi connectivity index (χ0n) is 8.49. The molecule has 0 bridgehead atoms. The van der Waals surface area contributed by atoms with E-state index in [4.69, 9.17) is 5.11 Å². The Kier molecular flexibility index (Phi) is 3.46. The molecule has 14 heavy (non-hydrogen) atoms. The summed E-state index contributed by atoms with van der Waals surface area (Å²) in [4.78, 5) is 23.3. The topological polar surface area (TPSA) is 69.6 Å². The summed E-state index contributed by atoms with van der Waals surface area (Å²) in [6.45, 7) is 4.51. The second kappa shape index (κ2) is 4.41. The molecule has 1 amide bonds. The Morgan fingerprint density at radius 2 is 2.21 bits per heavy atom. The van der Waals surface area contributed by atoms with Crippen LogP contribution in [0.15, 0.2) is 0 Å². The number of carbonyl (C=O) groups is 2. The highest BCUT2D eigenvalue weighted by Crippen LogP contribution is 2.12. The van der Waals surface area contributed by atoms with Gasteiger partial charge in [0.05, 0.1) is 0 Å². The highest BCUT2D eigenvalue weighted by Gasteiger charge is 2.29. The van der Waals surface area contributed by atoms with E-state index >= 15 is 0 Å². The van der Waals surface area contributed by atoms with E-state index in [0.29, 0.717) is 6.54 Å². The Morgan fingerprint density at radius 1 is 1.57 bits per heavy atom. The minimum Gasteiger partial charge on any atom is -0.480 e. The van der Waals surface area contributed by atoms with Crippen LogP contribution in [-0.4, -0.2) is 47.1 Å². The third-order valence-corrected chi connectivity index (χ3v) is 2.53. The molecule has 5 nitrogen and oxygen atoms in total. The Hall–Kier alpha value is -1.10. The van der Waals surface area contributed by atoms with E-state index in [2.05, 4.69) is 5.32 Å². The summed E-state index contributed by atoms with van der Waals surface area (Å²) in [5, 5.41) is 11.6. The zero-order valence-corrected chi connectivity index (χ0v) is 8.49. The van der Waals surface area contributed by atoms with Crippen molar-refractivity contribution in [3.05, 3.63) is 0 Å². The van der Waals surface area contributed by atoms with E-state index in [-0.39, 0.29) is 11.9 Å². The third kappa shape index (κ3) is 2.70. The molecular weight excluding hydrogens is 184 g/mol. The van der Waals surface area contributed by atoms with Crippen LogP contribution >= 0.6 is 0 Å². The number of carbonyl (C=O) groups excluding carboxylic acids is 1. The fraction of sp³-hybridized carbons (Fsp3) is 0.778. The van der Waals surface area contributed by atoms with Crippen LogP contribution in [0.5, 0.6) is 0 Å². The van der Waals surface area contributed by atoms with Crippen LogP contribution in [-0.2, 0) is 9.59 Å². The first-order chi connectivity index (χ1) is 6.50. The molecule has 2 N–H and O–H groups in total. The van der Waals surface area contributed by atoms with Gasteiger partial charge in [-0.1, -0.05) is 0 Å². The Balaban J connectivity index is 2.41. The van der Waals surface area contributed by atoms with Gasteiger partial charge in [0, 0.05) is 26.1 Å². The summed E-state index contributed by atoms with van der Waals surface area (Å²) < 4.78 is 0. The molecule has 80 valence electrons. The summed E-state index contributed by atoms with van der Waals surface area (Å²) in [5.74, 6) is -0.867. The van der Waals surface area contributed by atoms with Gasteiger partial charge >= 0.3 is 5.97 Å². The standard InChI is InChI=1S/C9H16N2O3/c1-6(9(13)14)11-4-3-8(5-11)10-7(2)12/h6,8H,3-5H2,1-2H3,(H,10,12)(H,13,14). The Morgan fingerprint density at radius 3 is 2.71 bits per heavy atom. The Bertz CT molecular complexity index is 242. The van der Waals surface area contributed by atoms with Crippen molar-refractivity contribution in [2.24, 2.45) is 0 Å². The monoisotopic (exact) mass is 200 g/mol. The largest absolute Gasteiger partial charge is 0.480 e. The van der Waals surface area contributed by atoms with E-state index in [1.165, 1.54) is 6.92 Å². The number of nitrogens with one attached hydrogen (secondary N) is 1. The SMILES string of the molecule is CC(=O)NC1CCN(C(C)C(=O)O)C1. The van der Waals surface area contributed by atoms with E-state index in [0.717, 1.165) is 13.0 Å². The first-order valence-corrected chi connectivity index (χ1v) is 4.74. The second-order valence-electron chi connectivity index (χ2n) is 3.70. The molecule has 0 spiro atoms. The van der Waals surface area contributed by atoms with Gasteiger partial charge in [0.2, 0.25) is 5.91 Å². The van der Waals surface area contributed by atoms with Gasteiger partial charge < -0.3 is 10.4 Å². The summed E-state index contributed by atoms with van der Waals surface area (Å²) in [6, 6.07) is -0.358. The molecule has 1 aliphatic heterocycles. The van der Waals surface area contributed by atoms with Crippen LogP contribution in [0.1, 0.15) is 20.3 Å². The number of rotatable bonds is 3.